The molecule has 0 aliphatic carbocycles. The van der Waals surface area contributed by atoms with Gasteiger partial charge in [-0.15, -0.1) is 0 Å². The van der Waals surface area contributed by atoms with Crippen molar-refractivity contribution in [1.82, 2.24) is 4.90 Å². The number of ether oxygens (including phenoxy) is 3. The first-order valence-electron chi connectivity index (χ1n) is 9.79. The van der Waals surface area contributed by atoms with Crippen LogP contribution < -0.4 is 14.2 Å². The second-order valence-corrected chi connectivity index (χ2v) is 6.95. The number of hydrogen-bond acceptors (Lipinski definition) is 5. The molecule has 1 aliphatic heterocycles. The Bertz CT molecular complexity index is 968. The summed E-state index contributed by atoms with van der Waals surface area (Å²) in [5.74, 6) is 1.09. The lowest BCUT2D eigenvalue weighted by molar-refractivity contribution is -0.136. The van der Waals surface area contributed by atoms with E-state index in [2.05, 4.69) is 0 Å². The molecule has 0 saturated carbocycles. The molecule has 7 heteroatoms. The van der Waals surface area contributed by atoms with Gasteiger partial charge in [0.25, 0.3) is 11.8 Å². The number of benzene rings is 2. The van der Waals surface area contributed by atoms with Gasteiger partial charge in [0, 0.05) is 6.54 Å². The maximum Gasteiger partial charge on any atom is 0.273 e. The third-order valence-electron chi connectivity index (χ3n) is 4.72. The minimum atomic E-state index is -0.483. The molecule has 0 fully saturated rings. The van der Waals surface area contributed by atoms with Crippen LogP contribution in [0.25, 0.3) is 5.57 Å². The maximum absolute atomic E-state index is 12.9. The molecule has 0 unspecified atom stereocenters. The molecule has 0 radical (unpaired) electrons. The number of carbonyl (C=O) groups excluding carboxylic acids is 2. The van der Waals surface area contributed by atoms with E-state index in [1.54, 1.807) is 31.4 Å². The lowest BCUT2D eigenvalue weighted by atomic mass is 10.1. The fourth-order valence-corrected chi connectivity index (χ4v) is 3.54. The largest absolute Gasteiger partial charge is 0.497 e. The van der Waals surface area contributed by atoms with Crippen molar-refractivity contribution in [2.75, 3.05) is 26.9 Å². The molecule has 30 heavy (non-hydrogen) atoms. The van der Waals surface area contributed by atoms with Gasteiger partial charge in [-0.1, -0.05) is 29.8 Å². The summed E-state index contributed by atoms with van der Waals surface area (Å²) in [6.45, 7) is 5.07. The number of hydrogen-bond donors (Lipinski definition) is 0. The number of rotatable bonds is 9. The van der Waals surface area contributed by atoms with Crippen LogP contribution in [-0.4, -0.2) is 43.6 Å². The summed E-state index contributed by atoms with van der Waals surface area (Å²) in [6, 6.07) is 12.5. The van der Waals surface area contributed by atoms with Gasteiger partial charge in [-0.05, 0) is 55.7 Å². The van der Waals surface area contributed by atoms with Gasteiger partial charge < -0.3 is 14.2 Å². The van der Waals surface area contributed by atoms with Crippen LogP contribution in [0.2, 0.25) is 0 Å². The smallest absolute Gasteiger partial charge is 0.273 e. The van der Waals surface area contributed by atoms with Crippen molar-refractivity contribution in [2.45, 2.75) is 20.3 Å². The molecule has 0 spiro atoms. The molecule has 0 aromatic heterocycles. The molecular weight excluding hydrogens is 406 g/mol. The summed E-state index contributed by atoms with van der Waals surface area (Å²) >= 11 is 6.23. The van der Waals surface area contributed by atoms with Crippen molar-refractivity contribution in [3.8, 4) is 17.2 Å². The summed E-state index contributed by atoms with van der Waals surface area (Å²) < 4.78 is 16.4. The zero-order chi connectivity index (χ0) is 21.7. The van der Waals surface area contributed by atoms with E-state index in [4.69, 9.17) is 25.8 Å². The molecule has 1 aliphatic rings. The zero-order valence-corrected chi connectivity index (χ0v) is 18.0. The van der Waals surface area contributed by atoms with Gasteiger partial charge in [-0.3, -0.25) is 14.5 Å². The molecule has 1 heterocycles. The molecular formula is C23H24ClNO5. The maximum atomic E-state index is 12.9. The molecule has 0 N–H and O–H groups in total. The normalized spacial score (nSPS) is 13.8. The highest BCUT2D eigenvalue weighted by Gasteiger charge is 2.37. The van der Waals surface area contributed by atoms with Crippen LogP contribution in [0.1, 0.15) is 25.0 Å². The summed E-state index contributed by atoms with van der Waals surface area (Å²) in [7, 11) is 1.56. The fourth-order valence-electron chi connectivity index (χ4n) is 3.25. The predicted octanol–water partition coefficient (Wildman–Crippen LogP) is 4.05. The lowest BCUT2D eigenvalue weighted by Gasteiger charge is -2.16. The first-order valence-corrected chi connectivity index (χ1v) is 10.2. The van der Waals surface area contributed by atoms with E-state index < -0.39 is 11.8 Å². The summed E-state index contributed by atoms with van der Waals surface area (Å²) in [5, 5.41) is -0.0631. The molecule has 0 bridgehead atoms. The van der Waals surface area contributed by atoms with Gasteiger partial charge in [-0.2, -0.15) is 0 Å². The Morgan fingerprint density at radius 1 is 0.900 bits per heavy atom. The van der Waals surface area contributed by atoms with E-state index in [1.807, 2.05) is 32.0 Å². The van der Waals surface area contributed by atoms with Crippen LogP contribution >= 0.6 is 11.6 Å². The average Bonchev–Trinajstić information content (AvgIpc) is 2.97. The van der Waals surface area contributed by atoms with Crippen LogP contribution in [0.5, 0.6) is 17.2 Å². The first kappa shape index (κ1) is 21.7. The standard InChI is InChI=1S/C23H24ClNO5/c1-4-29-18-11-6-15(14-19(18)30-5-2)12-13-25-22(26)20(21(24)23(25)27)16-7-9-17(28-3)10-8-16/h6-11,14H,4-5,12-13H2,1-3H3. The van der Waals surface area contributed by atoms with E-state index in [9.17, 15) is 9.59 Å². The van der Waals surface area contributed by atoms with Crippen LogP contribution in [0, 0.1) is 0 Å². The highest BCUT2D eigenvalue weighted by atomic mass is 35.5. The minimum absolute atomic E-state index is 0.0631. The van der Waals surface area contributed by atoms with Crippen molar-refractivity contribution < 1.29 is 23.8 Å². The monoisotopic (exact) mass is 429 g/mol. The van der Waals surface area contributed by atoms with Crippen LogP contribution in [-0.2, 0) is 16.0 Å². The van der Waals surface area contributed by atoms with Crippen molar-refractivity contribution in [1.29, 1.82) is 0 Å². The quantitative estimate of drug-likeness (QED) is 0.562. The first-order chi connectivity index (χ1) is 14.5. The Kier molecular flexibility index (Phi) is 7.00. The predicted molar refractivity (Wildman–Crippen MR) is 115 cm³/mol. The molecule has 2 aromatic carbocycles. The van der Waals surface area contributed by atoms with Crippen LogP contribution in [0.3, 0.4) is 0 Å². The van der Waals surface area contributed by atoms with Gasteiger partial charge in [-0.25, -0.2) is 0 Å². The Balaban J connectivity index is 1.74. The van der Waals surface area contributed by atoms with Crippen molar-refractivity contribution in [3.05, 3.63) is 58.6 Å². The number of nitrogens with zero attached hydrogens (tertiary/aromatic N) is 1. The number of carbonyl (C=O) groups is 2. The second kappa shape index (κ2) is 9.67. The molecule has 0 atom stereocenters. The Morgan fingerprint density at radius 2 is 1.57 bits per heavy atom. The van der Waals surface area contributed by atoms with E-state index >= 15 is 0 Å². The minimum Gasteiger partial charge on any atom is -0.497 e. The summed E-state index contributed by atoms with van der Waals surface area (Å²) in [4.78, 5) is 26.7. The van der Waals surface area contributed by atoms with Crippen LogP contribution in [0.4, 0.5) is 0 Å². The fraction of sp³-hybridized carbons (Fsp3) is 0.304. The van der Waals surface area contributed by atoms with Crippen LogP contribution in [0.15, 0.2) is 47.5 Å². The third kappa shape index (κ3) is 4.44. The van der Waals surface area contributed by atoms with Gasteiger partial charge >= 0.3 is 0 Å². The average molecular weight is 430 g/mol. The SMILES string of the molecule is CCOc1ccc(CCN2C(=O)C(Cl)=C(c3ccc(OC)cc3)C2=O)cc1OCC. The lowest BCUT2D eigenvalue weighted by Crippen LogP contribution is -2.33. The molecule has 3 rings (SSSR count). The second-order valence-electron chi connectivity index (χ2n) is 6.58. The van der Waals surface area contributed by atoms with E-state index in [0.717, 1.165) is 5.56 Å². The molecule has 158 valence electrons. The molecule has 2 amide bonds. The topological polar surface area (TPSA) is 65.1 Å². The zero-order valence-electron chi connectivity index (χ0n) is 17.2. The Morgan fingerprint density at radius 3 is 2.20 bits per heavy atom. The number of halogens is 1. The van der Waals surface area contributed by atoms with Crippen molar-refractivity contribution >= 4 is 29.0 Å². The Labute approximate surface area is 181 Å². The van der Waals surface area contributed by atoms with E-state index in [0.29, 0.717) is 42.4 Å². The van der Waals surface area contributed by atoms with Gasteiger partial charge in [0.05, 0.1) is 25.9 Å². The van der Waals surface area contributed by atoms with E-state index in [1.165, 1.54) is 4.90 Å². The number of amides is 2. The van der Waals surface area contributed by atoms with E-state index in [-0.39, 0.29) is 17.2 Å². The summed E-state index contributed by atoms with van der Waals surface area (Å²) in [6.07, 6.45) is 0.476. The highest BCUT2D eigenvalue weighted by Crippen LogP contribution is 2.33. The van der Waals surface area contributed by atoms with Gasteiger partial charge in [0.1, 0.15) is 10.8 Å². The third-order valence-corrected chi connectivity index (χ3v) is 5.07. The number of imide groups is 1. The Hall–Kier alpha value is -2.99. The molecule has 2 aromatic rings. The number of methoxy groups -OCH3 is 1. The van der Waals surface area contributed by atoms with Gasteiger partial charge in [0.15, 0.2) is 11.5 Å². The highest BCUT2D eigenvalue weighted by molar-refractivity contribution is 6.55. The molecule has 6 nitrogen and oxygen atoms in total. The van der Waals surface area contributed by atoms with Crippen molar-refractivity contribution in [2.24, 2.45) is 0 Å². The summed E-state index contributed by atoms with van der Waals surface area (Å²) in [5.41, 5.74) is 1.73. The van der Waals surface area contributed by atoms with Crippen molar-refractivity contribution in [3.63, 3.8) is 0 Å². The van der Waals surface area contributed by atoms with Gasteiger partial charge in [0.2, 0.25) is 0 Å². The molecule has 0 saturated heterocycles.